The Morgan fingerprint density at radius 1 is 1.06 bits per heavy atom. The molecular formula is C32H48O2. The van der Waals surface area contributed by atoms with Crippen molar-refractivity contribution in [2.45, 2.75) is 91.9 Å². The summed E-state index contributed by atoms with van der Waals surface area (Å²) in [7, 11) is 0. The number of benzene rings is 2. The summed E-state index contributed by atoms with van der Waals surface area (Å²) in [6.07, 6.45) is 15.3. The SMILES string of the molecule is C=Cc1ccc(C(C)=O)cc1.CCC1CC1.CCCCCCCc1ccc2c(c1)OC[C@H](C)C2.[HH]. The van der Waals surface area contributed by atoms with E-state index in [9.17, 15) is 4.79 Å². The highest BCUT2D eigenvalue weighted by atomic mass is 16.5. The molecule has 1 saturated carbocycles. The molecule has 0 radical (unpaired) electrons. The highest BCUT2D eigenvalue weighted by Gasteiger charge is 2.17. The van der Waals surface area contributed by atoms with Crippen molar-refractivity contribution in [2.75, 3.05) is 6.61 Å². The van der Waals surface area contributed by atoms with Gasteiger partial charge in [-0.05, 0) is 60.8 Å². The first-order chi connectivity index (χ1) is 16.5. The van der Waals surface area contributed by atoms with Crippen LogP contribution in [-0.2, 0) is 12.8 Å². The van der Waals surface area contributed by atoms with Gasteiger partial charge in [0, 0.05) is 6.99 Å². The number of hydrogen-bond acceptors (Lipinski definition) is 2. The monoisotopic (exact) mass is 464 g/mol. The van der Waals surface area contributed by atoms with Gasteiger partial charge in [0.15, 0.2) is 5.78 Å². The Balaban J connectivity index is 0.000000305. The minimum absolute atomic E-state index is 0. The Hall–Kier alpha value is -2.35. The number of carbonyl (C=O) groups is 1. The molecule has 0 unspecified atom stereocenters. The third-order valence-corrected chi connectivity index (χ3v) is 6.62. The fraction of sp³-hybridized carbons (Fsp3) is 0.531. The van der Waals surface area contributed by atoms with Crippen LogP contribution in [0.15, 0.2) is 49.0 Å². The number of unbranched alkanes of at least 4 members (excludes halogenated alkanes) is 4. The quantitative estimate of drug-likeness (QED) is 0.273. The molecule has 1 atom stereocenters. The molecule has 0 amide bonds. The molecule has 1 heterocycles. The van der Waals surface area contributed by atoms with Crippen LogP contribution in [0.25, 0.3) is 6.08 Å². The molecule has 0 aromatic heterocycles. The highest BCUT2D eigenvalue weighted by molar-refractivity contribution is 5.94. The number of Topliss-reactive ketones (excluding diaryl/α,β-unsaturated/α-hetero) is 1. The summed E-state index contributed by atoms with van der Waals surface area (Å²) in [5, 5.41) is 0. The fourth-order valence-corrected chi connectivity index (χ4v) is 4.04. The highest BCUT2D eigenvalue weighted by Crippen LogP contribution is 2.31. The predicted molar refractivity (Wildman–Crippen MR) is 149 cm³/mol. The zero-order chi connectivity index (χ0) is 24.8. The molecule has 4 rings (SSSR count). The van der Waals surface area contributed by atoms with E-state index in [0.29, 0.717) is 5.92 Å². The predicted octanol–water partition coefficient (Wildman–Crippen LogP) is 9.36. The second kappa shape index (κ2) is 15.5. The second-order valence-corrected chi connectivity index (χ2v) is 9.96. The third kappa shape index (κ3) is 10.7. The van der Waals surface area contributed by atoms with Gasteiger partial charge in [0.2, 0.25) is 0 Å². The average molecular weight is 465 g/mol. The Morgan fingerprint density at radius 2 is 1.76 bits per heavy atom. The molecule has 188 valence electrons. The van der Waals surface area contributed by atoms with Crippen LogP contribution < -0.4 is 4.74 Å². The number of carbonyl (C=O) groups excluding carboxylic acids is 1. The largest absolute Gasteiger partial charge is 0.493 e. The molecule has 0 N–H and O–H groups in total. The molecule has 34 heavy (non-hydrogen) atoms. The smallest absolute Gasteiger partial charge is 0.159 e. The van der Waals surface area contributed by atoms with E-state index in [0.717, 1.165) is 29.4 Å². The summed E-state index contributed by atoms with van der Waals surface area (Å²) >= 11 is 0. The van der Waals surface area contributed by atoms with Crippen molar-refractivity contribution in [3.63, 3.8) is 0 Å². The summed E-state index contributed by atoms with van der Waals surface area (Å²) in [4.78, 5) is 10.8. The Bertz CT molecular complexity index is 868. The lowest BCUT2D eigenvalue weighted by atomic mass is 9.96. The zero-order valence-electron chi connectivity index (χ0n) is 22.1. The van der Waals surface area contributed by atoms with E-state index in [4.69, 9.17) is 4.74 Å². The first-order valence-corrected chi connectivity index (χ1v) is 13.4. The lowest BCUT2D eigenvalue weighted by Gasteiger charge is -2.23. The van der Waals surface area contributed by atoms with Gasteiger partial charge < -0.3 is 4.74 Å². The first kappa shape index (κ1) is 27.9. The van der Waals surface area contributed by atoms with Crippen LogP contribution in [0.2, 0.25) is 0 Å². The van der Waals surface area contributed by atoms with Gasteiger partial charge in [0.25, 0.3) is 0 Å². The molecule has 1 aliphatic heterocycles. The van der Waals surface area contributed by atoms with E-state index < -0.39 is 0 Å². The maximum Gasteiger partial charge on any atom is 0.159 e. The summed E-state index contributed by atoms with van der Waals surface area (Å²) in [5.74, 6) is 3.03. The number of hydrogen-bond donors (Lipinski definition) is 0. The number of fused-ring (bicyclic) bond motifs is 1. The topological polar surface area (TPSA) is 26.3 Å². The zero-order valence-corrected chi connectivity index (χ0v) is 22.1. The summed E-state index contributed by atoms with van der Waals surface area (Å²) < 4.78 is 5.82. The summed E-state index contributed by atoms with van der Waals surface area (Å²) in [6, 6.07) is 14.2. The van der Waals surface area contributed by atoms with Crippen LogP contribution in [0, 0.1) is 11.8 Å². The molecule has 1 fully saturated rings. The van der Waals surface area contributed by atoms with Gasteiger partial charge in [0.1, 0.15) is 5.75 Å². The minimum Gasteiger partial charge on any atom is -0.493 e. The van der Waals surface area contributed by atoms with Crippen molar-refractivity contribution in [3.8, 4) is 5.75 Å². The first-order valence-electron chi connectivity index (χ1n) is 13.4. The van der Waals surface area contributed by atoms with Gasteiger partial charge in [-0.15, -0.1) is 0 Å². The van der Waals surface area contributed by atoms with Crippen molar-refractivity contribution in [2.24, 2.45) is 11.8 Å². The van der Waals surface area contributed by atoms with E-state index in [1.54, 1.807) is 25.1 Å². The fourth-order valence-electron chi connectivity index (χ4n) is 4.04. The van der Waals surface area contributed by atoms with E-state index >= 15 is 0 Å². The van der Waals surface area contributed by atoms with Gasteiger partial charge >= 0.3 is 0 Å². The lowest BCUT2D eigenvalue weighted by molar-refractivity contribution is 0.101. The molecule has 2 aliphatic rings. The maximum absolute atomic E-state index is 10.8. The number of ether oxygens (including phenoxy) is 1. The van der Waals surface area contributed by atoms with Crippen LogP contribution in [0.4, 0.5) is 0 Å². The van der Waals surface area contributed by atoms with Crippen LogP contribution >= 0.6 is 0 Å². The van der Waals surface area contributed by atoms with Crippen molar-refractivity contribution in [1.82, 2.24) is 0 Å². The summed E-state index contributed by atoms with van der Waals surface area (Å²) in [5.41, 5.74) is 4.62. The van der Waals surface area contributed by atoms with Crippen molar-refractivity contribution >= 4 is 11.9 Å². The standard InChI is InChI=1S/C17H26O.C10H10O.C5H10.H2/c1-3-4-5-6-7-8-15-9-10-16-11-14(2)13-18-17(16)12-15;1-3-9-4-6-10(7-5-9)8(2)11;1-2-5-3-4-5;/h9-10,12,14H,3-8,11,13H2,1-2H3;3-7H,1H2,2H3;5H,2-4H2,1H3;1H/t14-;;;/m1.../s1. The van der Waals surface area contributed by atoms with E-state index in [1.807, 2.05) is 12.1 Å². The molecule has 2 nitrogen and oxygen atoms in total. The van der Waals surface area contributed by atoms with Crippen LogP contribution in [0.3, 0.4) is 0 Å². The Morgan fingerprint density at radius 3 is 2.32 bits per heavy atom. The third-order valence-electron chi connectivity index (χ3n) is 6.62. The molecule has 2 aromatic rings. The molecule has 0 spiro atoms. The van der Waals surface area contributed by atoms with Gasteiger partial charge in [-0.1, -0.05) is 115 Å². The molecule has 0 saturated heterocycles. The van der Waals surface area contributed by atoms with Crippen molar-refractivity contribution in [3.05, 3.63) is 71.3 Å². The normalized spacial score (nSPS) is 16.1. The minimum atomic E-state index is 0. The Kier molecular flexibility index (Phi) is 12.7. The lowest BCUT2D eigenvalue weighted by Crippen LogP contribution is -2.18. The molecule has 0 bridgehead atoms. The van der Waals surface area contributed by atoms with Crippen LogP contribution in [-0.4, -0.2) is 12.4 Å². The van der Waals surface area contributed by atoms with Crippen LogP contribution in [0.1, 0.15) is 108 Å². The van der Waals surface area contributed by atoms with E-state index in [2.05, 4.69) is 45.5 Å². The molecule has 1 aliphatic carbocycles. The maximum atomic E-state index is 10.8. The molecular weight excluding hydrogens is 416 g/mol. The second-order valence-electron chi connectivity index (χ2n) is 9.96. The molecule has 2 heteroatoms. The number of rotatable bonds is 9. The van der Waals surface area contributed by atoms with Crippen molar-refractivity contribution < 1.29 is 11.0 Å². The Labute approximate surface area is 210 Å². The van der Waals surface area contributed by atoms with Gasteiger partial charge in [-0.25, -0.2) is 0 Å². The number of ketones is 1. The van der Waals surface area contributed by atoms with E-state index in [-0.39, 0.29) is 7.21 Å². The van der Waals surface area contributed by atoms with Gasteiger partial charge in [-0.2, -0.15) is 0 Å². The van der Waals surface area contributed by atoms with E-state index in [1.165, 1.54) is 75.3 Å². The van der Waals surface area contributed by atoms with Crippen molar-refractivity contribution in [1.29, 1.82) is 0 Å². The van der Waals surface area contributed by atoms with Crippen LogP contribution in [0.5, 0.6) is 5.75 Å². The van der Waals surface area contributed by atoms with Gasteiger partial charge in [-0.3, -0.25) is 4.79 Å². The van der Waals surface area contributed by atoms with Gasteiger partial charge in [0.05, 0.1) is 6.61 Å². The average Bonchev–Trinajstić information content (AvgIpc) is 3.70. The molecule has 2 aromatic carbocycles. The summed E-state index contributed by atoms with van der Waals surface area (Å²) in [6.45, 7) is 12.8. The number of aryl methyl sites for hydroxylation is 1.